The van der Waals surface area contributed by atoms with Gasteiger partial charge in [-0.1, -0.05) is 6.42 Å². The van der Waals surface area contributed by atoms with Gasteiger partial charge in [-0.25, -0.2) is 9.97 Å². The topological polar surface area (TPSA) is 90.1 Å². The standard InChI is InChI=1S/C18H22N4O2.ClH/c1-12-9-10-20-18(21-12)24-15-7-5-14(6-8-15)22-17(23)11-13-3-2-4-16(13)19;/h5-10,13,16H,2-4,11,19H2,1H3,(H,22,23);1H/t13-,16+;/m0./s1. The van der Waals surface area contributed by atoms with Crippen LogP contribution < -0.4 is 15.8 Å². The molecule has 0 spiro atoms. The maximum atomic E-state index is 12.1. The molecule has 0 bridgehead atoms. The van der Waals surface area contributed by atoms with Crippen LogP contribution in [0.3, 0.4) is 0 Å². The van der Waals surface area contributed by atoms with Crippen molar-refractivity contribution in [3.8, 4) is 11.8 Å². The van der Waals surface area contributed by atoms with Crippen molar-refractivity contribution in [1.82, 2.24) is 9.97 Å². The number of nitrogens with two attached hydrogens (primary N) is 1. The van der Waals surface area contributed by atoms with Gasteiger partial charge in [-0.2, -0.15) is 0 Å². The number of rotatable bonds is 5. The fourth-order valence-corrected chi connectivity index (χ4v) is 2.96. The zero-order valence-corrected chi connectivity index (χ0v) is 15.0. The molecule has 1 aromatic heterocycles. The Morgan fingerprint density at radius 1 is 1.28 bits per heavy atom. The summed E-state index contributed by atoms with van der Waals surface area (Å²) in [7, 11) is 0. The van der Waals surface area contributed by atoms with Gasteiger partial charge in [-0.05, 0) is 56.0 Å². The van der Waals surface area contributed by atoms with Gasteiger partial charge in [0.2, 0.25) is 5.91 Å². The zero-order valence-electron chi connectivity index (χ0n) is 14.1. The van der Waals surface area contributed by atoms with Gasteiger partial charge in [0.25, 0.3) is 0 Å². The summed E-state index contributed by atoms with van der Waals surface area (Å²) in [6, 6.07) is 9.44. The molecule has 1 aromatic carbocycles. The maximum Gasteiger partial charge on any atom is 0.322 e. The van der Waals surface area contributed by atoms with Crippen molar-refractivity contribution in [1.29, 1.82) is 0 Å². The lowest BCUT2D eigenvalue weighted by atomic mass is 10.00. The number of nitrogens with one attached hydrogen (secondary N) is 1. The van der Waals surface area contributed by atoms with Crippen LogP contribution in [0.5, 0.6) is 11.8 Å². The van der Waals surface area contributed by atoms with Gasteiger partial charge >= 0.3 is 6.01 Å². The Morgan fingerprint density at radius 2 is 2.04 bits per heavy atom. The van der Waals surface area contributed by atoms with Crippen molar-refractivity contribution >= 4 is 24.0 Å². The van der Waals surface area contributed by atoms with Crippen molar-refractivity contribution in [2.75, 3.05) is 5.32 Å². The summed E-state index contributed by atoms with van der Waals surface area (Å²) in [6.45, 7) is 1.88. The number of hydrogen-bond acceptors (Lipinski definition) is 5. The van der Waals surface area contributed by atoms with Gasteiger partial charge in [-0.15, -0.1) is 12.4 Å². The average molecular weight is 363 g/mol. The first-order valence-electron chi connectivity index (χ1n) is 8.23. The second kappa shape index (κ2) is 8.78. The Bertz CT molecular complexity index is 708. The van der Waals surface area contributed by atoms with Crippen molar-refractivity contribution in [2.24, 2.45) is 11.7 Å². The second-order valence-corrected chi connectivity index (χ2v) is 6.21. The first-order valence-corrected chi connectivity index (χ1v) is 8.23. The van der Waals surface area contributed by atoms with Gasteiger partial charge in [0.1, 0.15) is 5.75 Å². The van der Waals surface area contributed by atoms with Crippen LogP contribution >= 0.6 is 12.4 Å². The predicted octanol–water partition coefficient (Wildman–Crippen LogP) is 3.46. The summed E-state index contributed by atoms with van der Waals surface area (Å²) in [5.41, 5.74) is 7.60. The second-order valence-electron chi connectivity index (χ2n) is 6.21. The summed E-state index contributed by atoms with van der Waals surface area (Å²) >= 11 is 0. The van der Waals surface area contributed by atoms with Crippen LogP contribution in [0.4, 0.5) is 5.69 Å². The van der Waals surface area contributed by atoms with Crippen LogP contribution in [0.25, 0.3) is 0 Å². The van der Waals surface area contributed by atoms with Crippen molar-refractivity contribution < 1.29 is 9.53 Å². The van der Waals surface area contributed by atoms with E-state index in [1.165, 1.54) is 0 Å². The van der Waals surface area contributed by atoms with Crippen LogP contribution in [0.2, 0.25) is 0 Å². The molecule has 1 heterocycles. The van der Waals surface area contributed by atoms with E-state index in [-0.39, 0.29) is 24.4 Å². The van der Waals surface area contributed by atoms with E-state index in [2.05, 4.69) is 15.3 Å². The molecule has 0 aliphatic heterocycles. The Balaban J connectivity index is 0.00000225. The molecule has 0 radical (unpaired) electrons. The Labute approximate surface area is 153 Å². The lowest BCUT2D eigenvalue weighted by Gasteiger charge is -2.14. The normalized spacial score (nSPS) is 19.1. The molecule has 3 rings (SSSR count). The van der Waals surface area contributed by atoms with Crippen molar-refractivity contribution in [2.45, 2.75) is 38.6 Å². The Hall–Kier alpha value is -2.18. The van der Waals surface area contributed by atoms with E-state index in [1.54, 1.807) is 30.5 Å². The van der Waals surface area contributed by atoms with Crippen molar-refractivity contribution in [3.05, 3.63) is 42.2 Å². The SMILES string of the molecule is Cc1ccnc(Oc2ccc(NC(=O)C[C@@H]3CCC[C@H]3N)cc2)n1.Cl. The van der Waals surface area contributed by atoms with E-state index >= 15 is 0 Å². The van der Waals surface area contributed by atoms with Gasteiger partial charge in [0.15, 0.2) is 0 Å². The summed E-state index contributed by atoms with van der Waals surface area (Å²) in [4.78, 5) is 20.4. The maximum absolute atomic E-state index is 12.1. The fraction of sp³-hybridized carbons (Fsp3) is 0.389. The van der Waals surface area contributed by atoms with E-state index in [1.807, 2.05) is 13.0 Å². The van der Waals surface area contributed by atoms with Crippen LogP contribution in [-0.4, -0.2) is 21.9 Å². The third-order valence-corrected chi connectivity index (χ3v) is 4.29. The lowest BCUT2D eigenvalue weighted by Crippen LogP contribution is -2.28. The first kappa shape index (κ1) is 19.1. The molecule has 1 amide bonds. The van der Waals surface area contributed by atoms with E-state index in [0.717, 1.165) is 30.6 Å². The van der Waals surface area contributed by atoms with E-state index < -0.39 is 0 Å². The molecule has 6 nitrogen and oxygen atoms in total. The molecule has 134 valence electrons. The highest BCUT2D eigenvalue weighted by Crippen LogP contribution is 2.27. The summed E-state index contributed by atoms with van der Waals surface area (Å²) in [6.07, 6.45) is 5.31. The average Bonchev–Trinajstić information content (AvgIpc) is 2.94. The number of carbonyl (C=O) groups is 1. The molecule has 25 heavy (non-hydrogen) atoms. The third-order valence-electron chi connectivity index (χ3n) is 4.29. The summed E-state index contributed by atoms with van der Waals surface area (Å²) < 4.78 is 5.59. The highest BCUT2D eigenvalue weighted by Gasteiger charge is 2.25. The third kappa shape index (κ3) is 5.41. The number of carbonyl (C=O) groups excluding carboxylic acids is 1. The number of ether oxygens (including phenoxy) is 1. The molecule has 1 fully saturated rings. The molecule has 7 heteroatoms. The van der Waals surface area contributed by atoms with E-state index in [9.17, 15) is 4.79 Å². The highest BCUT2D eigenvalue weighted by atomic mass is 35.5. The molecule has 2 aromatic rings. The number of nitrogens with zero attached hydrogens (tertiary/aromatic N) is 2. The number of aromatic nitrogens is 2. The number of anilines is 1. The lowest BCUT2D eigenvalue weighted by molar-refractivity contribution is -0.117. The molecule has 1 aliphatic carbocycles. The Morgan fingerprint density at radius 3 is 2.68 bits per heavy atom. The van der Waals surface area contributed by atoms with Crippen LogP contribution in [0, 0.1) is 12.8 Å². The van der Waals surface area contributed by atoms with Crippen LogP contribution in [0.1, 0.15) is 31.4 Å². The number of aryl methyl sites for hydroxylation is 1. The molecular formula is C18H23ClN4O2. The largest absolute Gasteiger partial charge is 0.424 e. The molecule has 2 atom stereocenters. The van der Waals surface area contributed by atoms with Gasteiger partial charge in [0, 0.05) is 30.0 Å². The molecule has 1 saturated carbocycles. The van der Waals surface area contributed by atoms with Gasteiger partial charge < -0.3 is 15.8 Å². The van der Waals surface area contributed by atoms with Crippen LogP contribution in [0.15, 0.2) is 36.5 Å². The van der Waals surface area contributed by atoms with E-state index in [4.69, 9.17) is 10.5 Å². The minimum Gasteiger partial charge on any atom is -0.424 e. The first-order chi connectivity index (χ1) is 11.6. The minimum absolute atomic E-state index is 0. The number of benzene rings is 1. The molecule has 0 saturated heterocycles. The Kier molecular flexibility index (Phi) is 6.73. The number of halogens is 1. The monoisotopic (exact) mass is 362 g/mol. The predicted molar refractivity (Wildman–Crippen MR) is 99.1 cm³/mol. The van der Waals surface area contributed by atoms with Crippen molar-refractivity contribution in [3.63, 3.8) is 0 Å². The zero-order chi connectivity index (χ0) is 16.9. The summed E-state index contributed by atoms with van der Waals surface area (Å²) in [5.74, 6) is 0.926. The van der Waals surface area contributed by atoms with Gasteiger partial charge in [0.05, 0.1) is 0 Å². The molecule has 0 unspecified atom stereocenters. The number of amides is 1. The smallest absolute Gasteiger partial charge is 0.322 e. The quantitative estimate of drug-likeness (QED) is 0.850. The van der Waals surface area contributed by atoms with Crippen LogP contribution in [-0.2, 0) is 4.79 Å². The minimum atomic E-state index is 0. The van der Waals surface area contributed by atoms with Gasteiger partial charge in [-0.3, -0.25) is 4.79 Å². The molecular weight excluding hydrogens is 340 g/mol. The molecule has 1 aliphatic rings. The number of hydrogen-bond donors (Lipinski definition) is 2. The van der Waals surface area contributed by atoms with E-state index in [0.29, 0.717) is 24.1 Å². The molecule has 3 N–H and O–H groups in total. The fourth-order valence-electron chi connectivity index (χ4n) is 2.96. The summed E-state index contributed by atoms with van der Waals surface area (Å²) in [5, 5.41) is 2.91. The highest BCUT2D eigenvalue weighted by molar-refractivity contribution is 5.90.